The minimum absolute atomic E-state index is 0. The minimum atomic E-state index is 0. The van der Waals surface area contributed by atoms with Crippen LogP contribution in [0.4, 0.5) is 0 Å². The molecule has 1 aromatic heterocycles. The number of hydrogen-bond donors (Lipinski definition) is 0. The summed E-state index contributed by atoms with van der Waals surface area (Å²) in [5, 5.41) is 0. The molecule has 0 saturated heterocycles. The van der Waals surface area contributed by atoms with Crippen molar-refractivity contribution in [1.82, 2.24) is 4.98 Å². The molecule has 1 heterocycles. The first-order valence-corrected chi connectivity index (χ1v) is 4.30. The molecule has 0 saturated carbocycles. The fraction of sp³-hybridized carbons (Fsp3) is 0.222. The third kappa shape index (κ3) is 6.64. The molecule has 16 heavy (non-hydrogen) atoms. The molecule has 2 aromatic rings. The van der Waals surface area contributed by atoms with E-state index in [-0.39, 0.29) is 105 Å². The average molecular weight is 1080 g/mol. The Balaban J connectivity index is -0.000000144. The van der Waals surface area contributed by atoms with E-state index in [1.54, 1.807) is 11.3 Å². The molecule has 7 heteroatoms. The molecular formula is C9H7NSW5-2. The standard InChI is InChI=1S/C9H7NS.5W/c1-6-3-8-9(4-7(6)2)11-5-10-8;;;;;/h5H,1-2H3;;;;;/q-2;;;;;. The number of aryl methyl sites for hydroxylation is 2. The summed E-state index contributed by atoms with van der Waals surface area (Å²) in [4.78, 5) is 4.15. The van der Waals surface area contributed by atoms with Gasteiger partial charge in [0.2, 0.25) is 0 Å². The van der Waals surface area contributed by atoms with Gasteiger partial charge in [0.1, 0.15) is 0 Å². The van der Waals surface area contributed by atoms with E-state index in [2.05, 4.69) is 17.1 Å². The SMILES string of the molecule is Cc1[c-]c2ncsc2[c-]c1C.[W].[W].[W].[W].[W]. The van der Waals surface area contributed by atoms with E-state index in [4.69, 9.17) is 0 Å². The molecule has 0 unspecified atom stereocenters. The van der Waals surface area contributed by atoms with Gasteiger partial charge in [0.05, 0.1) is 0 Å². The third-order valence-corrected chi connectivity index (χ3v) is 2.48. The van der Waals surface area contributed by atoms with Crippen molar-refractivity contribution in [3.05, 3.63) is 28.8 Å². The minimum Gasteiger partial charge on any atom is -0.337 e. The number of hydrogen-bond acceptors (Lipinski definition) is 2. The van der Waals surface area contributed by atoms with Gasteiger partial charge in [-0.2, -0.15) is 4.70 Å². The van der Waals surface area contributed by atoms with Gasteiger partial charge in [-0.3, -0.25) is 23.3 Å². The molecule has 0 aliphatic carbocycles. The van der Waals surface area contributed by atoms with E-state index in [1.807, 2.05) is 19.4 Å². The third-order valence-electron chi connectivity index (χ3n) is 1.74. The molecule has 0 atom stereocenters. The fourth-order valence-corrected chi connectivity index (χ4v) is 1.65. The summed E-state index contributed by atoms with van der Waals surface area (Å²) in [5.74, 6) is 0. The molecule has 0 radical (unpaired) electrons. The van der Waals surface area contributed by atoms with E-state index >= 15 is 0 Å². The summed E-state index contributed by atoms with van der Waals surface area (Å²) in [6, 6.07) is 6.47. The van der Waals surface area contributed by atoms with Crippen LogP contribution >= 0.6 is 11.3 Å². The summed E-state index contributed by atoms with van der Waals surface area (Å²) < 4.78 is 1.10. The van der Waals surface area contributed by atoms with Crippen LogP contribution in [0.25, 0.3) is 10.2 Å². The largest absolute Gasteiger partial charge is 0.337 e. The average Bonchev–Trinajstić information content (AvgIpc) is 2.36. The molecule has 0 aliphatic heterocycles. The molecule has 0 fully saturated rings. The predicted molar refractivity (Wildman–Crippen MR) is 46.8 cm³/mol. The number of aromatic nitrogens is 1. The Bertz CT molecular complexity index is 368. The van der Waals surface area contributed by atoms with Crippen molar-refractivity contribution in [3.8, 4) is 0 Å². The van der Waals surface area contributed by atoms with Crippen LogP contribution in [0, 0.1) is 26.0 Å². The van der Waals surface area contributed by atoms with E-state index in [0.29, 0.717) is 0 Å². The van der Waals surface area contributed by atoms with Crippen LogP contribution in [0.3, 0.4) is 0 Å². The quantitative estimate of drug-likeness (QED) is 0.371. The summed E-state index contributed by atoms with van der Waals surface area (Å²) >= 11 is 1.61. The molecule has 86 valence electrons. The topological polar surface area (TPSA) is 12.9 Å². The Morgan fingerprint density at radius 2 is 1.44 bits per heavy atom. The fourth-order valence-electron chi connectivity index (χ4n) is 0.959. The molecule has 0 N–H and O–H groups in total. The van der Waals surface area contributed by atoms with Crippen molar-refractivity contribution in [1.29, 1.82) is 0 Å². The Morgan fingerprint density at radius 3 is 2.00 bits per heavy atom. The van der Waals surface area contributed by atoms with Crippen LogP contribution in [0.15, 0.2) is 5.51 Å². The molecule has 0 spiro atoms. The molecule has 1 aromatic carbocycles. The molecule has 2 rings (SSSR count). The second kappa shape index (κ2) is 12.6. The van der Waals surface area contributed by atoms with Crippen molar-refractivity contribution >= 4 is 21.6 Å². The van der Waals surface area contributed by atoms with Crippen LogP contribution in [0.5, 0.6) is 0 Å². The Labute approximate surface area is 172 Å². The van der Waals surface area contributed by atoms with Crippen LogP contribution in [-0.4, -0.2) is 4.98 Å². The second-order valence-corrected chi connectivity index (χ2v) is 3.38. The van der Waals surface area contributed by atoms with Crippen molar-refractivity contribution in [2.75, 3.05) is 0 Å². The van der Waals surface area contributed by atoms with E-state index in [9.17, 15) is 0 Å². The Morgan fingerprint density at radius 1 is 0.938 bits per heavy atom. The predicted octanol–water partition coefficient (Wildman–Crippen LogP) is 2.50. The van der Waals surface area contributed by atoms with Gasteiger partial charge >= 0.3 is 0 Å². The van der Waals surface area contributed by atoms with Gasteiger partial charge in [0.15, 0.2) is 0 Å². The van der Waals surface area contributed by atoms with Gasteiger partial charge in [-0.05, 0) is 0 Å². The molecule has 0 amide bonds. The normalized spacial score (nSPS) is 7.38. The summed E-state index contributed by atoms with van der Waals surface area (Å²) in [7, 11) is 0. The van der Waals surface area contributed by atoms with Gasteiger partial charge in [0, 0.05) is 111 Å². The number of benzene rings is 1. The van der Waals surface area contributed by atoms with Crippen molar-refractivity contribution < 1.29 is 105 Å². The van der Waals surface area contributed by atoms with E-state index in [0.717, 1.165) is 15.8 Å². The van der Waals surface area contributed by atoms with Crippen LogP contribution in [0.2, 0.25) is 0 Å². The summed E-state index contributed by atoms with van der Waals surface area (Å²) in [6.07, 6.45) is 0. The second-order valence-electron chi connectivity index (χ2n) is 2.53. The van der Waals surface area contributed by atoms with Gasteiger partial charge in [0.25, 0.3) is 0 Å². The van der Waals surface area contributed by atoms with Crippen LogP contribution < -0.4 is 0 Å². The molecule has 1 nitrogen and oxygen atoms in total. The smallest absolute Gasteiger partial charge is 0.0490 e. The zero-order valence-electron chi connectivity index (χ0n) is 8.47. The van der Waals surface area contributed by atoms with Gasteiger partial charge in [-0.15, -0.1) is 19.4 Å². The van der Waals surface area contributed by atoms with Crippen LogP contribution in [0.1, 0.15) is 11.1 Å². The van der Waals surface area contributed by atoms with E-state index in [1.165, 1.54) is 5.56 Å². The first-order chi connectivity index (χ1) is 5.27. The maximum absolute atomic E-state index is 4.15. The first kappa shape index (κ1) is 27.0. The van der Waals surface area contributed by atoms with Crippen LogP contribution in [-0.2, 0) is 105 Å². The van der Waals surface area contributed by atoms with Crippen molar-refractivity contribution in [3.63, 3.8) is 0 Å². The first-order valence-electron chi connectivity index (χ1n) is 3.42. The molecular weight excluding hydrogens is 1070 g/mol. The number of thiazole rings is 1. The summed E-state index contributed by atoms with van der Waals surface area (Å²) in [5.41, 5.74) is 5.08. The zero-order chi connectivity index (χ0) is 7.84. The maximum Gasteiger partial charge on any atom is 0.0490 e. The maximum atomic E-state index is 4.15. The molecule has 0 bridgehead atoms. The zero-order valence-corrected chi connectivity index (χ0v) is 24.0. The molecule has 0 aliphatic rings. The number of fused-ring (bicyclic) bond motifs is 1. The van der Waals surface area contributed by atoms with Gasteiger partial charge < -0.3 is 4.98 Å². The van der Waals surface area contributed by atoms with Crippen molar-refractivity contribution in [2.45, 2.75) is 13.8 Å². The Kier molecular flexibility index (Phi) is 21.2. The van der Waals surface area contributed by atoms with E-state index < -0.39 is 0 Å². The van der Waals surface area contributed by atoms with Crippen molar-refractivity contribution in [2.24, 2.45) is 0 Å². The van der Waals surface area contributed by atoms with Gasteiger partial charge in [-0.25, -0.2) is 11.3 Å². The summed E-state index contributed by atoms with van der Waals surface area (Å²) in [6.45, 7) is 4.08. The number of rotatable bonds is 0. The number of nitrogens with zero attached hydrogens (tertiary/aromatic N) is 1. The Hall–Kier alpha value is 2.55. The van der Waals surface area contributed by atoms with Gasteiger partial charge in [-0.1, -0.05) is 0 Å². The monoisotopic (exact) mass is 1080 g/mol.